The summed E-state index contributed by atoms with van der Waals surface area (Å²) in [7, 11) is 0. The maximum Gasteiger partial charge on any atom is 0.468 e. The third kappa shape index (κ3) is 5.13. The van der Waals surface area contributed by atoms with E-state index < -0.39 is 25.1 Å². The molecule has 3 aromatic rings. The number of carbonyl (C=O) groups excluding carboxylic acids is 1. The summed E-state index contributed by atoms with van der Waals surface area (Å²) in [5.74, 6) is -1.02. The number of amides is 2. The number of urea groups is 1. The van der Waals surface area contributed by atoms with Crippen molar-refractivity contribution in [2.24, 2.45) is 5.10 Å². The first-order chi connectivity index (χ1) is 17.7. The van der Waals surface area contributed by atoms with E-state index >= 15 is 0 Å². The highest BCUT2D eigenvalue weighted by atomic mass is 19.3. The smallest absolute Gasteiger partial charge is 0.447 e. The highest BCUT2D eigenvalue weighted by Crippen LogP contribution is 2.42. The average molecular weight is 519 g/mol. The molecule has 7 nitrogen and oxygen atoms in total. The molecule has 2 atom stereocenters. The number of fused-ring (bicyclic) bond motifs is 1. The lowest BCUT2D eigenvalue weighted by Crippen LogP contribution is -2.43. The van der Waals surface area contributed by atoms with Crippen LogP contribution in [0.25, 0.3) is 0 Å². The van der Waals surface area contributed by atoms with Gasteiger partial charge in [0.1, 0.15) is 5.75 Å². The number of halogens is 5. The number of nitrogens with zero attached hydrogens (tertiary/aromatic N) is 2. The fourth-order valence-corrected chi connectivity index (χ4v) is 3.97. The van der Waals surface area contributed by atoms with E-state index in [4.69, 9.17) is 0 Å². The van der Waals surface area contributed by atoms with Gasteiger partial charge in [-0.3, -0.25) is 0 Å². The monoisotopic (exact) mass is 519 g/mol. The first kappa shape index (κ1) is 24.3. The van der Waals surface area contributed by atoms with Gasteiger partial charge in [0.05, 0.1) is 12.3 Å². The lowest BCUT2D eigenvalue weighted by atomic mass is 9.90. The number of hydrogen-bond acceptors (Lipinski definition) is 5. The number of nitrogens with one attached hydrogen (secondary N) is 1. The molecular weight excluding hydrogens is 501 g/mol. The Morgan fingerprint density at radius 1 is 1.05 bits per heavy atom. The molecule has 0 spiro atoms. The highest BCUT2D eigenvalue weighted by Gasteiger charge is 2.49. The van der Waals surface area contributed by atoms with Gasteiger partial charge in [-0.1, -0.05) is 30.3 Å². The highest BCUT2D eigenvalue weighted by molar-refractivity contribution is 6.08. The lowest BCUT2D eigenvalue weighted by molar-refractivity contribution is -0.281. The molecule has 12 heteroatoms. The van der Waals surface area contributed by atoms with E-state index in [0.717, 1.165) is 17.7 Å². The number of hydrogen-bond donors (Lipinski definition) is 1. The van der Waals surface area contributed by atoms with Gasteiger partial charge < -0.3 is 19.5 Å². The minimum absolute atomic E-state index is 0.0184. The van der Waals surface area contributed by atoms with Crippen molar-refractivity contribution in [1.29, 1.82) is 0 Å². The minimum atomic E-state index is -4.13. The standard InChI is InChI=1S/C25H18F5N3O4/c26-22-25(29,30)37-19-11-8-16(12-20(19)36-22)31-24(34)33-13-18(14-4-2-1-3-5-14)21(32-33)15-6-9-17(10-7-15)35-23(27)28/h1-12,18,22-23H,13H2,(H,31,34)/t18-,22+/m0/s1. The van der Waals surface area contributed by atoms with Gasteiger partial charge in [0.15, 0.2) is 11.5 Å². The second-order valence-electron chi connectivity index (χ2n) is 8.12. The molecular formula is C25H18F5N3O4. The molecule has 0 saturated carbocycles. The molecule has 0 radical (unpaired) electrons. The van der Waals surface area contributed by atoms with Crippen molar-refractivity contribution >= 4 is 17.4 Å². The van der Waals surface area contributed by atoms with Gasteiger partial charge in [-0.05, 0) is 47.5 Å². The predicted molar refractivity (Wildman–Crippen MR) is 122 cm³/mol. The van der Waals surface area contributed by atoms with Crippen molar-refractivity contribution in [3.63, 3.8) is 0 Å². The van der Waals surface area contributed by atoms with Gasteiger partial charge in [0.2, 0.25) is 0 Å². The zero-order valence-electron chi connectivity index (χ0n) is 18.8. The Morgan fingerprint density at radius 3 is 2.49 bits per heavy atom. The van der Waals surface area contributed by atoms with Crippen molar-refractivity contribution < 1.29 is 41.0 Å². The van der Waals surface area contributed by atoms with E-state index in [1.165, 1.54) is 23.2 Å². The van der Waals surface area contributed by atoms with E-state index in [-0.39, 0.29) is 35.4 Å². The summed E-state index contributed by atoms with van der Waals surface area (Å²) in [5.41, 5.74) is 2.13. The summed E-state index contributed by atoms with van der Waals surface area (Å²) in [6, 6.07) is 18.1. The van der Waals surface area contributed by atoms with Crippen LogP contribution in [0.2, 0.25) is 0 Å². The summed E-state index contributed by atoms with van der Waals surface area (Å²) in [6.07, 6.45) is -7.13. The summed E-state index contributed by atoms with van der Waals surface area (Å²) >= 11 is 0. The van der Waals surface area contributed by atoms with Crippen LogP contribution in [0.5, 0.6) is 17.2 Å². The molecule has 2 heterocycles. The molecule has 0 aromatic heterocycles. The van der Waals surface area contributed by atoms with Gasteiger partial charge in [-0.15, -0.1) is 0 Å². The second-order valence-corrected chi connectivity index (χ2v) is 8.12. The number of carbonyl (C=O) groups is 1. The first-order valence-electron chi connectivity index (χ1n) is 11.0. The van der Waals surface area contributed by atoms with Crippen molar-refractivity contribution in [2.45, 2.75) is 25.0 Å². The van der Waals surface area contributed by atoms with Crippen molar-refractivity contribution in [3.8, 4) is 17.2 Å². The quantitative estimate of drug-likeness (QED) is 0.421. The van der Waals surface area contributed by atoms with Gasteiger partial charge in [-0.25, -0.2) is 9.80 Å². The second kappa shape index (κ2) is 9.60. The minimum Gasteiger partial charge on any atom is -0.447 e. The van der Waals surface area contributed by atoms with Crippen LogP contribution in [-0.4, -0.2) is 42.4 Å². The molecule has 2 aliphatic rings. The van der Waals surface area contributed by atoms with Gasteiger partial charge in [0.25, 0.3) is 0 Å². The molecule has 1 N–H and O–H groups in total. The van der Waals surface area contributed by atoms with Crippen LogP contribution in [0.15, 0.2) is 77.9 Å². The topological polar surface area (TPSA) is 72.4 Å². The Hall–Kier alpha value is -4.35. The molecule has 37 heavy (non-hydrogen) atoms. The molecule has 192 valence electrons. The van der Waals surface area contributed by atoms with Crippen molar-refractivity contribution in [3.05, 3.63) is 83.9 Å². The Kier molecular flexibility index (Phi) is 6.32. The van der Waals surface area contributed by atoms with E-state index in [1.807, 2.05) is 30.3 Å². The van der Waals surface area contributed by atoms with Crippen LogP contribution < -0.4 is 19.5 Å². The van der Waals surface area contributed by atoms with Crippen LogP contribution in [0.3, 0.4) is 0 Å². The number of rotatable bonds is 5. The number of alkyl halides is 5. The van der Waals surface area contributed by atoms with Gasteiger partial charge in [0, 0.05) is 17.7 Å². The molecule has 0 aliphatic carbocycles. The summed E-state index contributed by atoms with van der Waals surface area (Å²) in [4.78, 5) is 13.0. The average Bonchev–Trinajstić information content (AvgIpc) is 3.31. The van der Waals surface area contributed by atoms with Crippen LogP contribution >= 0.6 is 0 Å². The zero-order chi connectivity index (χ0) is 26.2. The molecule has 2 amide bonds. The Labute approximate surface area is 207 Å². The molecule has 0 fully saturated rings. The molecule has 0 saturated heterocycles. The van der Waals surface area contributed by atoms with Gasteiger partial charge >= 0.3 is 25.1 Å². The third-order valence-corrected chi connectivity index (χ3v) is 5.66. The lowest BCUT2D eigenvalue weighted by Gasteiger charge is -2.28. The van der Waals surface area contributed by atoms with E-state index in [0.29, 0.717) is 11.3 Å². The van der Waals surface area contributed by atoms with Crippen LogP contribution in [-0.2, 0) is 0 Å². The van der Waals surface area contributed by atoms with Crippen molar-refractivity contribution in [1.82, 2.24) is 5.01 Å². The fraction of sp³-hybridized carbons (Fsp3) is 0.200. The van der Waals surface area contributed by atoms with E-state index in [2.05, 4.69) is 24.6 Å². The number of ether oxygens (including phenoxy) is 3. The molecule has 5 rings (SSSR count). The first-order valence-corrected chi connectivity index (χ1v) is 11.0. The van der Waals surface area contributed by atoms with Gasteiger partial charge in [-0.2, -0.15) is 27.1 Å². The van der Waals surface area contributed by atoms with Crippen LogP contribution in [0.1, 0.15) is 17.0 Å². The summed E-state index contributed by atoms with van der Waals surface area (Å²) in [6.45, 7) is -2.80. The number of benzene rings is 3. The largest absolute Gasteiger partial charge is 0.468 e. The maximum atomic E-state index is 13.5. The normalized spacial score (nSPS) is 19.9. The number of hydrazone groups is 1. The molecule has 3 aromatic carbocycles. The Morgan fingerprint density at radius 2 is 1.78 bits per heavy atom. The maximum absolute atomic E-state index is 13.5. The predicted octanol–water partition coefficient (Wildman–Crippen LogP) is 5.98. The molecule has 2 aliphatic heterocycles. The molecule has 0 unspecified atom stereocenters. The Balaban J connectivity index is 1.38. The summed E-state index contributed by atoms with van der Waals surface area (Å²) < 4.78 is 78.6. The van der Waals surface area contributed by atoms with Crippen LogP contribution in [0.4, 0.5) is 32.4 Å². The van der Waals surface area contributed by atoms with Crippen molar-refractivity contribution in [2.75, 3.05) is 11.9 Å². The zero-order valence-corrected chi connectivity index (χ0v) is 18.8. The van der Waals surface area contributed by atoms with E-state index in [1.54, 1.807) is 12.1 Å². The third-order valence-electron chi connectivity index (χ3n) is 5.66. The number of anilines is 1. The van der Waals surface area contributed by atoms with E-state index in [9.17, 15) is 26.7 Å². The molecule has 0 bridgehead atoms. The fourth-order valence-electron chi connectivity index (χ4n) is 3.97. The van der Waals surface area contributed by atoms with Crippen LogP contribution in [0, 0.1) is 0 Å². The summed E-state index contributed by atoms with van der Waals surface area (Å²) in [5, 5.41) is 8.21. The SMILES string of the molecule is O=C(Nc1ccc2c(c1)O[C@@H](F)C(F)(F)O2)N1C[C@@H](c2ccccc2)C(c2ccc(OC(F)F)cc2)=N1. The Bertz CT molecular complexity index is 1320.